The molecule has 14 heavy (non-hydrogen) atoms. The Morgan fingerprint density at radius 2 is 2.36 bits per heavy atom. The summed E-state index contributed by atoms with van der Waals surface area (Å²) in [6, 6.07) is -0.0329. The number of aliphatic hydroxyl groups excluding tert-OH is 1. The second-order valence-corrected chi connectivity index (χ2v) is 3.91. The maximum Gasteiger partial charge on any atom is 0.320 e. The van der Waals surface area contributed by atoms with E-state index in [9.17, 15) is 4.79 Å². The lowest BCUT2D eigenvalue weighted by Crippen LogP contribution is -2.42. The fourth-order valence-corrected chi connectivity index (χ4v) is 2.15. The van der Waals surface area contributed by atoms with E-state index in [-0.39, 0.29) is 12.6 Å². The molecule has 2 unspecified atom stereocenters. The minimum absolute atomic E-state index is 0.200. The Kier molecular flexibility index (Phi) is 4.35. The number of carbonyl (C=O) groups is 1. The summed E-state index contributed by atoms with van der Waals surface area (Å²) in [6.07, 6.45) is 3.83. The van der Waals surface area contributed by atoms with E-state index in [2.05, 4.69) is 0 Å². The molecule has 0 spiro atoms. The topological polar surface area (TPSA) is 60.8 Å². The van der Waals surface area contributed by atoms with Gasteiger partial charge < -0.3 is 10.2 Å². The van der Waals surface area contributed by atoms with E-state index in [4.69, 9.17) is 10.2 Å². The van der Waals surface area contributed by atoms with Crippen molar-refractivity contribution in [2.45, 2.75) is 44.7 Å². The summed E-state index contributed by atoms with van der Waals surface area (Å²) in [5.74, 6) is -0.749. The Morgan fingerprint density at radius 1 is 1.64 bits per heavy atom. The van der Waals surface area contributed by atoms with Crippen LogP contribution in [0, 0.1) is 0 Å². The van der Waals surface area contributed by atoms with Gasteiger partial charge in [0.2, 0.25) is 0 Å². The first-order valence-electron chi connectivity index (χ1n) is 5.26. The maximum atomic E-state index is 10.8. The van der Waals surface area contributed by atoms with Crippen LogP contribution in [-0.4, -0.2) is 46.3 Å². The number of carboxylic acid groups (broad SMARTS) is 1. The number of hydrogen-bond acceptors (Lipinski definition) is 3. The van der Waals surface area contributed by atoms with Gasteiger partial charge in [0.15, 0.2) is 0 Å². The van der Waals surface area contributed by atoms with Crippen LogP contribution in [0.4, 0.5) is 0 Å². The van der Waals surface area contributed by atoms with Gasteiger partial charge in [-0.3, -0.25) is 9.69 Å². The molecule has 1 fully saturated rings. The first-order chi connectivity index (χ1) is 6.66. The molecule has 0 amide bonds. The molecule has 82 valence electrons. The third kappa shape index (κ3) is 2.69. The van der Waals surface area contributed by atoms with Crippen LogP contribution in [-0.2, 0) is 4.79 Å². The minimum Gasteiger partial charge on any atom is -0.480 e. The summed E-state index contributed by atoms with van der Waals surface area (Å²) < 4.78 is 0. The lowest BCUT2D eigenvalue weighted by Gasteiger charge is -2.27. The van der Waals surface area contributed by atoms with Crippen LogP contribution in [0.5, 0.6) is 0 Å². The van der Waals surface area contributed by atoms with Crippen LogP contribution in [0.2, 0.25) is 0 Å². The summed E-state index contributed by atoms with van der Waals surface area (Å²) in [5.41, 5.74) is 0. The molecule has 1 aliphatic heterocycles. The predicted molar refractivity (Wildman–Crippen MR) is 53.1 cm³/mol. The van der Waals surface area contributed by atoms with Gasteiger partial charge >= 0.3 is 5.97 Å². The molecule has 1 heterocycles. The molecule has 0 saturated carbocycles. The third-order valence-corrected chi connectivity index (χ3v) is 2.97. The number of rotatable bonds is 5. The van der Waals surface area contributed by atoms with Crippen LogP contribution in [0.3, 0.4) is 0 Å². The monoisotopic (exact) mass is 201 g/mol. The number of carboxylic acids is 1. The lowest BCUT2D eigenvalue weighted by atomic mass is 10.1. The zero-order chi connectivity index (χ0) is 10.6. The molecule has 1 aliphatic rings. The number of hydrogen-bond donors (Lipinski definition) is 2. The number of likely N-dealkylation sites (tertiary alicyclic amines) is 1. The van der Waals surface area contributed by atoms with E-state index in [1.54, 1.807) is 6.92 Å². The summed E-state index contributed by atoms with van der Waals surface area (Å²) in [4.78, 5) is 12.9. The largest absolute Gasteiger partial charge is 0.480 e. The Morgan fingerprint density at radius 3 is 2.93 bits per heavy atom. The predicted octanol–water partition coefficient (Wildman–Crippen LogP) is 0.696. The van der Waals surface area contributed by atoms with Crippen molar-refractivity contribution in [3.63, 3.8) is 0 Å². The second-order valence-electron chi connectivity index (χ2n) is 3.91. The van der Waals surface area contributed by atoms with Crippen molar-refractivity contribution < 1.29 is 15.0 Å². The summed E-state index contributed by atoms with van der Waals surface area (Å²) in [5, 5.41) is 17.6. The normalized spacial score (nSPS) is 25.1. The highest BCUT2D eigenvalue weighted by molar-refractivity contribution is 5.73. The van der Waals surface area contributed by atoms with Crippen molar-refractivity contribution in [2.75, 3.05) is 13.2 Å². The van der Waals surface area contributed by atoms with Gasteiger partial charge in [0, 0.05) is 12.6 Å². The Balaban J connectivity index is 2.46. The molecule has 0 radical (unpaired) electrons. The average Bonchev–Trinajstić information content (AvgIpc) is 2.61. The van der Waals surface area contributed by atoms with Gasteiger partial charge in [-0.25, -0.2) is 0 Å². The standard InChI is InChI=1S/C10H19NO3/c1-8(10(13)14)11-6-2-4-9(11)5-3-7-12/h8-9,12H,2-7H2,1H3,(H,13,14). The molecule has 1 rings (SSSR count). The van der Waals surface area contributed by atoms with Crippen LogP contribution in [0.25, 0.3) is 0 Å². The van der Waals surface area contributed by atoms with Crippen LogP contribution >= 0.6 is 0 Å². The first-order valence-corrected chi connectivity index (χ1v) is 5.26. The summed E-state index contributed by atoms with van der Waals surface area (Å²) in [7, 11) is 0. The highest BCUT2D eigenvalue weighted by atomic mass is 16.4. The van der Waals surface area contributed by atoms with Crippen molar-refractivity contribution >= 4 is 5.97 Å². The Bertz CT molecular complexity index is 196. The van der Waals surface area contributed by atoms with E-state index < -0.39 is 5.97 Å². The lowest BCUT2D eigenvalue weighted by molar-refractivity contribution is -0.143. The smallest absolute Gasteiger partial charge is 0.320 e. The van der Waals surface area contributed by atoms with Crippen molar-refractivity contribution in [1.29, 1.82) is 0 Å². The fraction of sp³-hybridized carbons (Fsp3) is 0.900. The van der Waals surface area contributed by atoms with E-state index in [0.29, 0.717) is 6.04 Å². The summed E-state index contributed by atoms with van der Waals surface area (Å²) in [6.45, 7) is 2.81. The SMILES string of the molecule is CC(C(=O)O)N1CCCC1CCCO. The third-order valence-electron chi connectivity index (χ3n) is 2.97. The average molecular weight is 201 g/mol. The van der Waals surface area contributed by atoms with Gasteiger partial charge in [0.05, 0.1) is 0 Å². The Labute approximate surface area is 84.5 Å². The van der Waals surface area contributed by atoms with Crippen LogP contribution < -0.4 is 0 Å². The maximum absolute atomic E-state index is 10.8. The number of nitrogens with zero attached hydrogens (tertiary/aromatic N) is 1. The van der Waals surface area contributed by atoms with Gasteiger partial charge in [0.25, 0.3) is 0 Å². The number of aliphatic carboxylic acids is 1. The molecule has 2 atom stereocenters. The second kappa shape index (κ2) is 5.32. The van der Waals surface area contributed by atoms with Crippen molar-refractivity contribution in [1.82, 2.24) is 4.90 Å². The highest BCUT2D eigenvalue weighted by Crippen LogP contribution is 2.23. The molecule has 0 aromatic heterocycles. The molecule has 0 aromatic carbocycles. The van der Waals surface area contributed by atoms with Crippen molar-refractivity contribution in [3.05, 3.63) is 0 Å². The zero-order valence-electron chi connectivity index (χ0n) is 8.65. The van der Waals surface area contributed by atoms with Gasteiger partial charge in [0.1, 0.15) is 6.04 Å². The van der Waals surface area contributed by atoms with E-state index >= 15 is 0 Å². The molecular formula is C10H19NO3. The molecular weight excluding hydrogens is 182 g/mol. The summed E-state index contributed by atoms with van der Waals surface area (Å²) >= 11 is 0. The van der Waals surface area contributed by atoms with Gasteiger partial charge in [-0.05, 0) is 39.2 Å². The fourth-order valence-electron chi connectivity index (χ4n) is 2.15. The van der Waals surface area contributed by atoms with Gasteiger partial charge in [-0.1, -0.05) is 0 Å². The van der Waals surface area contributed by atoms with Crippen LogP contribution in [0.1, 0.15) is 32.6 Å². The molecule has 2 N–H and O–H groups in total. The van der Waals surface area contributed by atoms with Crippen LogP contribution in [0.15, 0.2) is 0 Å². The van der Waals surface area contributed by atoms with E-state index in [1.807, 2.05) is 4.90 Å². The molecule has 4 nitrogen and oxygen atoms in total. The highest BCUT2D eigenvalue weighted by Gasteiger charge is 2.31. The Hall–Kier alpha value is -0.610. The first kappa shape index (κ1) is 11.5. The number of aliphatic hydroxyl groups is 1. The van der Waals surface area contributed by atoms with Gasteiger partial charge in [-0.2, -0.15) is 0 Å². The van der Waals surface area contributed by atoms with Crippen molar-refractivity contribution in [3.8, 4) is 0 Å². The van der Waals surface area contributed by atoms with E-state index in [0.717, 1.165) is 32.2 Å². The van der Waals surface area contributed by atoms with Gasteiger partial charge in [-0.15, -0.1) is 0 Å². The molecule has 0 bridgehead atoms. The quantitative estimate of drug-likeness (QED) is 0.687. The molecule has 4 heteroatoms. The molecule has 1 saturated heterocycles. The molecule has 0 aromatic rings. The molecule has 0 aliphatic carbocycles. The van der Waals surface area contributed by atoms with E-state index in [1.165, 1.54) is 0 Å². The minimum atomic E-state index is -0.749. The van der Waals surface area contributed by atoms with Crippen molar-refractivity contribution in [2.24, 2.45) is 0 Å². The zero-order valence-corrected chi connectivity index (χ0v) is 8.65.